The molecule has 2 rings (SSSR count). The number of aryl methyl sites for hydroxylation is 2. The summed E-state index contributed by atoms with van der Waals surface area (Å²) < 4.78 is 4.64. The van der Waals surface area contributed by atoms with E-state index in [1.54, 1.807) is 0 Å². The third-order valence-corrected chi connectivity index (χ3v) is 7.28. The van der Waals surface area contributed by atoms with Crippen molar-refractivity contribution in [2.75, 3.05) is 11.5 Å². The summed E-state index contributed by atoms with van der Waals surface area (Å²) in [6.45, 7) is 6.83. The van der Waals surface area contributed by atoms with E-state index in [9.17, 15) is 0 Å². The van der Waals surface area contributed by atoms with E-state index in [1.165, 1.54) is 79.1 Å². The number of hydrogen-bond acceptors (Lipinski definition) is 2. The fraction of sp³-hybridized carbons (Fsp3) is 0.600. The van der Waals surface area contributed by atoms with Crippen molar-refractivity contribution in [3.63, 3.8) is 0 Å². The lowest BCUT2D eigenvalue weighted by Gasteiger charge is -2.03. The number of thioether (sulfide) groups is 2. The van der Waals surface area contributed by atoms with Crippen LogP contribution in [0.15, 0.2) is 58.8 Å². The number of aromatic nitrogens is 2. The summed E-state index contributed by atoms with van der Waals surface area (Å²) in [7, 11) is 0. The van der Waals surface area contributed by atoms with E-state index >= 15 is 0 Å². The highest BCUT2D eigenvalue weighted by molar-refractivity contribution is 8.00. The first-order valence-corrected chi connectivity index (χ1v) is 13.5. The smallest absolute Gasteiger partial charge is 0.169 e. The molecule has 0 fully saturated rings. The molecular weight excluding hydrogens is 392 g/mol. The molecule has 2 heterocycles. The third-order valence-electron chi connectivity index (χ3n) is 5.09. The van der Waals surface area contributed by atoms with Crippen molar-refractivity contribution >= 4 is 23.5 Å². The molecular formula is C25H40N2S2+2. The number of hydrogen-bond donors (Lipinski definition) is 0. The highest BCUT2D eigenvalue weighted by Gasteiger charge is 2.03. The Labute approximate surface area is 187 Å². The lowest BCUT2D eigenvalue weighted by atomic mass is 10.2. The van der Waals surface area contributed by atoms with Crippen LogP contribution in [0.4, 0.5) is 0 Å². The minimum Gasteiger partial charge on any atom is -0.205 e. The predicted octanol–water partition coefficient (Wildman–Crippen LogP) is 6.70. The van der Waals surface area contributed by atoms with E-state index < -0.39 is 0 Å². The molecule has 4 heteroatoms. The molecule has 0 N–H and O–H groups in total. The van der Waals surface area contributed by atoms with Gasteiger partial charge in [0.05, 0.1) is 0 Å². The average molecular weight is 433 g/mol. The van der Waals surface area contributed by atoms with Gasteiger partial charge in [-0.2, -0.15) is 0 Å². The minimum atomic E-state index is 1.15. The largest absolute Gasteiger partial charge is 0.205 e. The summed E-state index contributed by atoms with van der Waals surface area (Å²) in [5, 5.41) is 0. The number of rotatable bonds is 16. The number of nitrogens with zero attached hydrogens (tertiary/aromatic N) is 2. The molecule has 0 aliphatic carbocycles. The van der Waals surface area contributed by atoms with E-state index in [-0.39, 0.29) is 0 Å². The Morgan fingerprint density at radius 1 is 0.552 bits per heavy atom. The maximum atomic E-state index is 2.32. The second kappa shape index (κ2) is 15.8. The molecule has 0 aliphatic rings. The van der Waals surface area contributed by atoms with Gasteiger partial charge in [-0.25, -0.2) is 9.13 Å². The third kappa shape index (κ3) is 11.1. The van der Waals surface area contributed by atoms with Crippen molar-refractivity contribution in [1.29, 1.82) is 0 Å². The van der Waals surface area contributed by atoms with Crippen molar-refractivity contribution in [3.8, 4) is 0 Å². The van der Waals surface area contributed by atoms with Crippen LogP contribution >= 0.6 is 23.5 Å². The average Bonchev–Trinajstić information content (AvgIpc) is 2.76. The van der Waals surface area contributed by atoms with Crippen LogP contribution < -0.4 is 9.13 Å². The van der Waals surface area contributed by atoms with Gasteiger partial charge in [0.15, 0.2) is 24.8 Å². The van der Waals surface area contributed by atoms with Crippen molar-refractivity contribution in [1.82, 2.24) is 0 Å². The molecule has 0 spiro atoms. The molecule has 0 bridgehead atoms. The standard InChI is InChI=1S/C25H40N2S2/c1-3-5-7-9-16-26-18-12-24(13-19-26)28-22-11-23-29-25-14-20-27(21-15-25)17-10-8-6-4-2/h12-15,18-21H,3-11,16-17,22-23H2,1-2H3/q+2. The molecule has 2 aromatic heterocycles. The Morgan fingerprint density at radius 2 is 0.966 bits per heavy atom. The predicted molar refractivity (Wildman–Crippen MR) is 128 cm³/mol. The Hall–Kier alpha value is -1.00. The molecule has 29 heavy (non-hydrogen) atoms. The summed E-state index contributed by atoms with van der Waals surface area (Å²) in [5.74, 6) is 2.38. The first-order valence-electron chi connectivity index (χ1n) is 11.6. The topological polar surface area (TPSA) is 7.76 Å². The monoisotopic (exact) mass is 432 g/mol. The summed E-state index contributed by atoms with van der Waals surface area (Å²) in [5.41, 5.74) is 0. The van der Waals surface area contributed by atoms with E-state index in [4.69, 9.17) is 0 Å². The second-order valence-electron chi connectivity index (χ2n) is 7.72. The van der Waals surface area contributed by atoms with Crippen LogP contribution in [0.25, 0.3) is 0 Å². The molecule has 0 amide bonds. The van der Waals surface area contributed by atoms with Gasteiger partial charge in [0.1, 0.15) is 13.1 Å². The van der Waals surface area contributed by atoms with Gasteiger partial charge in [-0.15, -0.1) is 23.5 Å². The zero-order chi connectivity index (χ0) is 20.6. The first kappa shape index (κ1) is 24.3. The van der Waals surface area contributed by atoms with Gasteiger partial charge in [0.2, 0.25) is 0 Å². The molecule has 0 saturated carbocycles. The van der Waals surface area contributed by atoms with Crippen LogP contribution in [0, 0.1) is 0 Å². The van der Waals surface area contributed by atoms with Crippen LogP contribution in [0.5, 0.6) is 0 Å². The number of unbranched alkanes of at least 4 members (excludes halogenated alkanes) is 6. The summed E-state index contributed by atoms with van der Waals surface area (Å²) in [6, 6.07) is 9.09. The van der Waals surface area contributed by atoms with Crippen LogP contribution in [-0.2, 0) is 13.1 Å². The maximum Gasteiger partial charge on any atom is 0.169 e. The maximum absolute atomic E-state index is 2.32. The molecule has 0 saturated heterocycles. The van der Waals surface area contributed by atoms with E-state index in [2.05, 4.69) is 72.0 Å². The lowest BCUT2D eigenvalue weighted by Crippen LogP contribution is -2.32. The fourth-order valence-corrected chi connectivity index (χ4v) is 5.12. The molecule has 0 aliphatic heterocycles. The van der Waals surface area contributed by atoms with Crippen LogP contribution in [0.3, 0.4) is 0 Å². The van der Waals surface area contributed by atoms with Crippen molar-refractivity contribution in [2.45, 2.75) is 94.5 Å². The molecule has 2 nitrogen and oxygen atoms in total. The molecule has 0 atom stereocenters. The molecule has 0 aromatic carbocycles. The summed E-state index contributed by atoms with van der Waals surface area (Å²) in [4.78, 5) is 2.78. The van der Waals surface area contributed by atoms with Gasteiger partial charge >= 0.3 is 0 Å². The molecule has 0 radical (unpaired) electrons. The minimum absolute atomic E-state index is 1.15. The molecule has 0 unspecified atom stereocenters. The van der Waals surface area contributed by atoms with Crippen molar-refractivity contribution in [2.24, 2.45) is 0 Å². The van der Waals surface area contributed by atoms with Crippen LogP contribution in [-0.4, -0.2) is 11.5 Å². The van der Waals surface area contributed by atoms with Gasteiger partial charge in [0, 0.05) is 46.9 Å². The fourth-order valence-electron chi connectivity index (χ4n) is 3.26. The first-order chi connectivity index (χ1) is 14.3. The van der Waals surface area contributed by atoms with Crippen LogP contribution in [0.2, 0.25) is 0 Å². The van der Waals surface area contributed by atoms with E-state index in [0.29, 0.717) is 0 Å². The highest BCUT2D eigenvalue weighted by atomic mass is 32.2. The Morgan fingerprint density at radius 3 is 1.34 bits per heavy atom. The molecule has 2 aromatic rings. The zero-order valence-corrected chi connectivity index (χ0v) is 20.2. The van der Waals surface area contributed by atoms with Crippen LogP contribution in [0.1, 0.15) is 71.6 Å². The van der Waals surface area contributed by atoms with Gasteiger partial charge in [-0.3, -0.25) is 0 Å². The SMILES string of the molecule is CCCCCC[n+]1ccc(SCCCSc2cc[n+](CCCCCC)cc2)cc1. The number of pyridine rings is 2. The Kier molecular flexibility index (Phi) is 13.2. The van der Waals surface area contributed by atoms with Gasteiger partial charge < -0.3 is 0 Å². The lowest BCUT2D eigenvalue weighted by molar-refractivity contribution is -0.697. The van der Waals surface area contributed by atoms with E-state index in [1.807, 2.05) is 23.5 Å². The van der Waals surface area contributed by atoms with Crippen molar-refractivity contribution in [3.05, 3.63) is 49.1 Å². The Bertz CT molecular complexity index is 583. The van der Waals surface area contributed by atoms with Gasteiger partial charge in [0.25, 0.3) is 0 Å². The Balaban J connectivity index is 1.56. The van der Waals surface area contributed by atoms with Gasteiger partial charge in [-0.1, -0.05) is 39.5 Å². The highest BCUT2D eigenvalue weighted by Crippen LogP contribution is 2.21. The molecule has 160 valence electrons. The quantitative estimate of drug-likeness (QED) is 0.166. The summed E-state index contributed by atoms with van der Waals surface area (Å²) >= 11 is 3.96. The van der Waals surface area contributed by atoms with Gasteiger partial charge in [-0.05, 0) is 30.8 Å². The second-order valence-corrected chi connectivity index (χ2v) is 10.1. The summed E-state index contributed by atoms with van der Waals surface area (Å²) in [6.07, 6.45) is 20.8. The zero-order valence-electron chi connectivity index (χ0n) is 18.5. The normalized spacial score (nSPS) is 11.1. The van der Waals surface area contributed by atoms with Crippen molar-refractivity contribution < 1.29 is 9.13 Å². The van der Waals surface area contributed by atoms with E-state index in [0.717, 1.165) is 13.1 Å².